The summed E-state index contributed by atoms with van der Waals surface area (Å²) in [6.07, 6.45) is 0. The minimum absolute atomic E-state index is 0.621. The molecule has 96 valence electrons. The highest BCUT2D eigenvalue weighted by Gasteiger charge is 2.17. The van der Waals surface area contributed by atoms with Gasteiger partial charge in [0.1, 0.15) is 0 Å². The van der Waals surface area contributed by atoms with Crippen molar-refractivity contribution in [1.29, 1.82) is 0 Å². The Morgan fingerprint density at radius 2 is 1.94 bits per heavy atom. The number of rotatable bonds is 6. The third-order valence-corrected chi connectivity index (χ3v) is 2.59. The van der Waals surface area contributed by atoms with E-state index in [0.717, 1.165) is 13.1 Å². The van der Waals surface area contributed by atoms with Gasteiger partial charge in [-0.1, -0.05) is 25.1 Å². The summed E-state index contributed by atoms with van der Waals surface area (Å²) in [6, 6.07) is 8.30. The van der Waals surface area contributed by atoms with Gasteiger partial charge in [0.05, 0.1) is 5.60 Å². The summed E-state index contributed by atoms with van der Waals surface area (Å²) in [6.45, 7) is 8.21. The van der Waals surface area contributed by atoms with Crippen LogP contribution in [0, 0.1) is 0 Å². The molecule has 1 rings (SSSR count). The predicted octanol–water partition coefficient (Wildman–Crippen LogP) is 2.00. The molecule has 0 spiro atoms. The number of nitrogens with zero attached hydrogens (tertiary/aromatic N) is 1. The maximum atomic E-state index is 9.86. The van der Waals surface area contributed by atoms with E-state index in [9.17, 15) is 5.11 Å². The lowest BCUT2D eigenvalue weighted by Crippen LogP contribution is -2.36. The zero-order valence-electron chi connectivity index (χ0n) is 11.3. The van der Waals surface area contributed by atoms with Crippen LogP contribution in [0.15, 0.2) is 24.3 Å². The molecule has 17 heavy (non-hydrogen) atoms. The Morgan fingerprint density at radius 3 is 2.53 bits per heavy atom. The van der Waals surface area contributed by atoms with Gasteiger partial charge in [0.2, 0.25) is 0 Å². The highest BCUT2D eigenvalue weighted by molar-refractivity contribution is 5.53. The number of nitrogens with one attached hydrogen (secondary N) is 1. The fourth-order valence-corrected chi connectivity index (χ4v) is 1.96. The van der Waals surface area contributed by atoms with Gasteiger partial charge in [-0.05, 0) is 32.0 Å². The van der Waals surface area contributed by atoms with Crippen molar-refractivity contribution in [1.82, 2.24) is 5.32 Å². The molecule has 0 saturated carbocycles. The summed E-state index contributed by atoms with van der Waals surface area (Å²) in [5.74, 6) is 0. The maximum absolute atomic E-state index is 9.86. The van der Waals surface area contributed by atoms with E-state index < -0.39 is 5.60 Å². The van der Waals surface area contributed by atoms with E-state index >= 15 is 0 Å². The average Bonchev–Trinajstić information content (AvgIpc) is 2.24. The molecule has 0 fully saturated rings. The fourth-order valence-electron chi connectivity index (χ4n) is 1.96. The topological polar surface area (TPSA) is 35.5 Å². The Morgan fingerprint density at radius 1 is 1.29 bits per heavy atom. The molecular formula is C14H24N2O. The SMILES string of the molecule is CCNCc1ccccc1N(C)CC(C)(C)O. The van der Waals surface area contributed by atoms with E-state index in [1.165, 1.54) is 11.3 Å². The number of likely N-dealkylation sites (N-methyl/N-ethyl adjacent to an activating group) is 1. The van der Waals surface area contributed by atoms with E-state index in [-0.39, 0.29) is 0 Å². The summed E-state index contributed by atoms with van der Waals surface area (Å²) < 4.78 is 0. The van der Waals surface area contributed by atoms with Crippen molar-refractivity contribution in [3.63, 3.8) is 0 Å². The van der Waals surface area contributed by atoms with Crippen molar-refractivity contribution in [3.05, 3.63) is 29.8 Å². The molecule has 0 radical (unpaired) electrons. The van der Waals surface area contributed by atoms with Gasteiger partial charge < -0.3 is 15.3 Å². The second kappa shape index (κ2) is 6.03. The number of anilines is 1. The van der Waals surface area contributed by atoms with Crippen LogP contribution in [0.25, 0.3) is 0 Å². The van der Waals surface area contributed by atoms with Crippen LogP contribution in [0.1, 0.15) is 26.3 Å². The van der Waals surface area contributed by atoms with Crippen LogP contribution in [-0.4, -0.2) is 30.8 Å². The minimum Gasteiger partial charge on any atom is -0.389 e. The van der Waals surface area contributed by atoms with Crippen LogP contribution in [0.3, 0.4) is 0 Å². The van der Waals surface area contributed by atoms with Crippen LogP contribution in [0.4, 0.5) is 5.69 Å². The van der Waals surface area contributed by atoms with Crippen molar-refractivity contribution in [2.45, 2.75) is 32.9 Å². The smallest absolute Gasteiger partial charge is 0.0765 e. The lowest BCUT2D eigenvalue weighted by atomic mass is 10.1. The van der Waals surface area contributed by atoms with E-state index in [1.807, 2.05) is 33.0 Å². The lowest BCUT2D eigenvalue weighted by Gasteiger charge is -2.29. The van der Waals surface area contributed by atoms with Crippen LogP contribution in [0.5, 0.6) is 0 Å². The monoisotopic (exact) mass is 236 g/mol. The van der Waals surface area contributed by atoms with Crippen LogP contribution >= 0.6 is 0 Å². The largest absolute Gasteiger partial charge is 0.389 e. The second-order valence-electron chi connectivity index (χ2n) is 5.08. The van der Waals surface area contributed by atoms with E-state index in [4.69, 9.17) is 0 Å². The number of benzene rings is 1. The van der Waals surface area contributed by atoms with E-state index in [1.54, 1.807) is 0 Å². The fraction of sp³-hybridized carbons (Fsp3) is 0.571. The molecule has 0 aromatic heterocycles. The van der Waals surface area contributed by atoms with Gasteiger partial charge in [0, 0.05) is 25.8 Å². The van der Waals surface area contributed by atoms with Gasteiger partial charge in [0.15, 0.2) is 0 Å². The minimum atomic E-state index is -0.681. The molecule has 3 heteroatoms. The Hall–Kier alpha value is -1.06. The normalized spacial score (nSPS) is 11.6. The molecule has 0 amide bonds. The summed E-state index contributed by atoms with van der Waals surface area (Å²) in [5, 5.41) is 13.2. The zero-order valence-corrected chi connectivity index (χ0v) is 11.3. The molecule has 1 aromatic carbocycles. The van der Waals surface area contributed by atoms with E-state index in [2.05, 4.69) is 29.3 Å². The van der Waals surface area contributed by atoms with Crippen LogP contribution in [0.2, 0.25) is 0 Å². The van der Waals surface area contributed by atoms with Crippen LogP contribution < -0.4 is 10.2 Å². The standard InChI is InChI=1S/C14H24N2O/c1-5-15-10-12-8-6-7-9-13(12)16(4)11-14(2,3)17/h6-9,15,17H,5,10-11H2,1-4H3. The van der Waals surface area contributed by atoms with Crippen molar-refractivity contribution in [2.75, 3.05) is 25.0 Å². The van der Waals surface area contributed by atoms with Gasteiger partial charge in [-0.2, -0.15) is 0 Å². The number of para-hydroxylation sites is 1. The van der Waals surface area contributed by atoms with Crippen molar-refractivity contribution in [3.8, 4) is 0 Å². The molecule has 0 unspecified atom stereocenters. The highest BCUT2D eigenvalue weighted by Crippen LogP contribution is 2.20. The third-order valence-electron chi connectivity index (χ3n) is 2.59. The molecule has 0 aliphatic heterocycles. The molecule has 1 aromatic rings. The summed E-state index contributed by atoms with van der Waals surface area (Å²) in [4.78, 5) is 2.10. The van der Waals surface area contributed by atoms with Gasteiger partial charge in [-0.25, -0.2) is 0 Å². The first-order valence-corrected chi connectivity index (χ1v) is 6.16. The van der Waals surface area contributed by atoms with Crippen molar-refractivity contribution in [2.24, 2.45) is 0 Å². The number of hydrogen-bond acceptors (Lipinski definition) is 3. The summed E-state index contributed by atoms with van der Waals surface area (Å²) in [7, 11) is 2.02. The van der Waals surface area contributed by atoms with Gasteiger partial charge in [0.25, 0.3) is 0 Å². The lowest BCUT2D eigenvalue weighted by molar-refractivity contribution is 0.0886. The second-order valence-corrected chi connectivity index (χ2v) is 5.08. The highest BCUT2D eigenvalue weighted by atomic mass is 16.3. The van der Waals surface area contributed by atoms with Gasteiger partial charge in [-0.15, -0.1) is 0 Å². The number of hydrogen-bond donors (Lipinski definition) is 2. The Bertz CT molecular complexity index is 344. The van der Waals surface area contributed by atoms with Gasteiger partial charge in [-0.3, -0.25) is 0 Å². The molecule has 0 aliphatic rings. The first-order chi connectivity index (χ1) is 7.94. The summed E-state index contributed by atoms with van der Waals surface area (Å²) >= 11 is 0. The van der Waals surface area contributed by atoms with Crippen LogP contribution in [-0.2, 0) is 6.54 Å². The zero-order chi connectivity index (χ0) is 12.9. The summed E-state index contributed by atoms with van der Waals surface area (Å²) in [5.41, 5.74) is 1.76. The Kier molecular flexibility index (Phi) is 4.97. The average molecular weight is 236 g/mol. The molecule has 0 aliphatic carbocycles. The molecule has 0 bridgehead atoms. The third kappa shape index (κ3) is 4.75. The first kappa shape index (κ1) is 14.0. The maximum Gasteiger partial charge on any atom is 0.0765 e. The van der Waals surface area contributed by atoms with Gasteiger partial charge >= 0.3 is 0 Å². The molecular weight excluding hydrogens is 212 g/mol. The molecule has 0 saturated heterocycles. The molecule has 0 atom stereocenters. The molecule has 2 N–H and O–H groups in total. The van der Waals surface area contributed by atoms with Crippen molar-refractivity contribution < 1.29 is 5.11 Å². The first-order valence-electron chi connectivity index (χ1n) is 6.16. The Labute approximate surface area is 104 Å². The quantitative estimate of drug-likeness (QED) is 0.793. The number of aliphatic hydroxyl groups is 1. The predicted molar refractivity (Wildman–Crippen MR) is 73.4 cm³/mol. The Balaban J connectivity index is 2.81. The molecule has 3 nitrogen and oxygen atoms in total. The molecule has 0 heterocycles. The van der Waals surface area contributed by atoms with Crippen molar-refractivity contribution >= 4 is 5.69 Å². The van der Waals surface area contributed by atoms with E-state index in [0.29, 0.717) is 6.54 Å².